The van der Waals surface area contributed by atoms with E-state index < -0.39 is 6.09 Å². The predicted molar refractivity (Wildman–Crippen MR) is 82.6 cm³/mol. The molecule has 5 nitrogen and oxygen atoms in total. The first-order valence-electron chi connectivity index (χ1n) is 7.81. The zero-order valence-electron chi connectivity index (χ0n) is 13.0. The molecule has 0 radical (unpaired) electrons. The highest BCUT2D eigenvalue weighted by molar-refractivity contribution is 5.84. The largest absolute Gasteiger partial charge is 0.508 e. The molecule has 0 spiro atoms. The van der Waals surface area contributed by atoms with Crippen molar-refractivity contribution in [3.8, 4) is 5.75 Å². The van der Waals surface area contributed by atoms with Crippen molar-refractivity contribution in [3.63, 3.8) is 0 Å². The average Bonchev–Trinajstić information content (AvgIpc) is 2.50. The van der Waals surface area contributed by atoms with Gasteiger partial charge < -0.3 is 14.9 Å². The van der Waals surface area contributed by atoms with Crippen molar-refractivity contribution in [2.24, 2.45) is 23.2 Å². The number of amides is 1. The Kier molecular flexibility index (Phi) is 3.77. The van der Waals surface area contributed by atoms with Gasteiger partial charge in [-0.2, -0.15) is 0 Å². The number of anilines is 1. The van der Waals surface area contributed by atoms with Crippen LogP contribution >= 0.6 is 0 Å². The van der Waals surface area contributed by atoms with Crippen LogP contribution in [0.5, 0.6) is 5.75 Å². The van der Waals surface area contributed by atoms with E-state index in [1.54, 1.807) is 12.1 Å². The van der Waals surface area contributed by atoms with Gasteiger partial charge in [-0.15, -0.1) is 0 Å². The number of nitrogens with one attached hydrogen (secondary N) is 1. The second-order valence-electron chi connectivity index (χ2n) is 6.91. The molecule has 1 aromatic carbocycles. The van der Waals surface area contributed by atoms with E-state index in [9.17, 15) is 15.0 Å². The molecule has 0 aliphatic heterocycles. The second-order valence-corrected chi connectivity index (χ2v) is 6.91. The van der Waals surface area contributed by atoms with E-state index in [1.807, 2.05) is 0 Å². The van der Waals surface area contributed by atoms with Crippen LogP contribution in [0.4, 0.5) is 10.5 Å². The van der Waals surface area contributed by atoms with Crippen molar-refractivity contribution in [2.45, 2.75) is 32.8 Å². The van der Waals surface area contributed by atoms with E-state index in [2.05, 4.69) is 19.2 Å². The van der Waals surface area contributed by atoms with Crippen LogP contribution in [0.3, 0.4) is 0 Å². The lowest BCUT2D eigenvalue weighted by atomic mass is 9.44. The van der Waals surface area contributed by atoms with Crippen molar-refractivity contribution in [3.05, 3.63) is 24.3 Å². The van der Waals surface area contributed by atoms with Gasteiger partial charge in [0, 0.05) is 12.3 Å². The highest BCUT2D eigenvalue weighted by Crippen LogP contribution is 2.61. The number of carbonyl (C=O) groups excluding carboxylic acids is 1. The zero-order valence-corrected chi connectivity index (χ0v) is 13.0. The normalized spacial score (nSPS) is 36.3. The Morgan fingerprint density at radius 3 is 2.64 bits per heavy atom. The van der Waals surface area contributed by atoms with Gasteiger partial charge in [-0.3, -0.25) is 5.32 Å². The summed E-state index contributed by atoms with van der Waals surface area (Å²) in [6.45, 7) is 4.45. The number of benzene rings is 1. The standard InChI is InChI=1S/C17H23NO4/c1-10-14-7-11(17(14,2)9-19)8-15(10)22-16(21)18-12-3-5-13(20)6-4-12/h3-6,10-11,14-15,19-20H,7-9H2,1-2H3,(H,18,21)/t10-,11+,14-,15-,17+/m0/s1. The molecule has 120 valence electrons. The molecule has 2 bridgehead atoms. The Morgan fingerprint density at radius 1 is 1.36 bits per heavy atom. The summed E-state index contributed by atoms with van der Waals surface area (Å²) in [6, 6.07) is 6.28. The van der Waals surface area contributed by atoms with Gasteiger partial charge in [0.15, 0.2) is 0 Å². The summed E-state index contributed by atoms with van der Waals surface area (Å²) in [4.78, 5) is 12.0. The zero-order chi connectivity index (χ0) is 15.9. The molecule has 0 unspecified atom stereocenters. The van der Waals surface area contributed by atoms with Crippen molar-refractivity contribution < 1.29 is 19.7 Å². The van der Waals surface area contributed by atoms with Crippen molar-refractivity contribution in [2.75, 3.05) is 11.9 Å². The maximum absolute atomic E-state index is 12.0. The summed E-state index contributed by atoms with van der Waals surface area (Å²) >= 11 is 0. The number of hydrogen-bond acceptors (Lipinski definition) is 4. The van der Waals surface area contributed by atoms with Gasteiger partial charge >= 0.3 is 6.09 Å². The van der Waals surface area contributed by atoms with Gasteiger partial charge in [0.1, 0.15) is 11.9 Å². The molecule has 5 atom stereocenters. The number of aliphatic hydroxyl groups is 1. The van der Waals surface area contributed by atoms with E-state index in [-0.39, 0.29) is 29.8 Å². The highest BCUT2D eigenvalue weighted by atomic mass is 16.6. The molecule has 3 aliphatic carbocycles. The van der Waals surface area contributed by atoms with Gasteiger partial charge in [0.25, 0.3) is 0 Å². The first kappa shape index (κ1) is 15.2. The fourth-order valence-corrected chi connectivity index (χ4v) is 4.15. The van der Waals surface area contributed by atoms with Crippen LogP contribution in [0.2, 0.25) is 0 Å². The summed E-state index contributed by atoms with van der Waals surface area (Å²) in [5.41, 5.74) is 0.587. The van der Waals surface area contributed by atoms with Gasteiger partial charge in [-0.05, 0) is 60.3 Å². The van der Waals surface area contributed by atoms with Crippen LogP contribution in [0.15, 0.2) is 24.3 Å². The number of aliphatic hydroxyl groups excluding tert-OH is 1. The van der Waals surface area contributed by atoms with Crippen molar-refractivity contribution in [1.82, 2.24) is 0 Å². The Labute approximate surface area is 130 Å². The minimum atomic E-state index is -0.463. The second kappa shape index (κ2) is 5.47. The first-order valence-corrected chi connectivity index (χ1v) is 7.81. The fraction of sp³-hybridized carbons (Fsp3) is 0.588. The lowest BCUT2D eigenvalue weighted by Crippen LogP contribution is -2.60. The summed E-state index contributed by atoms with van der Waals surface area (Å²) in [5.74, 6) is 1.27. The number of fused-ring (bicyclic) bond motifs is 2. The quantitative estimate of drug-likeness (QED) is 0.750. The summed E-state index contributed by atoms with van der Waals surface area (Å²) in [5, 5.41) is 21.5. The Morgan fingerprint density at radius 2 is 2.05 bits per heavy atom. The molecule has 3 N–H and O–H groups in total. The number of carbonyl (C=O) groups is 1. The number of hydrogen-bond donors (Lipinski definition) is 3. The van der Waals surface area contributed by atoms with E-state index >= 15 is 0 Å². The molecule has 0 saturated heterocycles. The van der Waals surface area contributed by atoms with E-state index in [0.717, 1.165) is 12.8 Å². The monoisotopic (exact) mass is 305 g/mol. The summed E-state index contributed by atoms with van der Waals surface area (Å²) in [7, 11) is 0. The Hall–Kier alpha value is -1.75. The predicted octanol–water partition coefficient (Wildman–Crippen LogP) is 2.98. The number of rotatable bonds is 3. The Balaban J connectivity index is 1.58. The van der Waals surface area contributed by atoms with Crippen LogP contribution in [0, 0.1) is 23.2 Å². The van der Waals surface area contributed by atoms with Gasteiger partial charge in [0.05, 0.1) is 0 Å². The Bertz CT molecular complexity index is 558. The van der Waals surface area contributed by atoms with Crippen LogP contribution in [-0.2, 0) is 4.74 Å². The lowest BCUT2D eigenvalue weighted by molar-refractivity contribution is -0.181. The molecule has 3 saturated carbocycles. The molecule has 0 heterocycles. The highest BCUT2D eigenvalue weighted by Gasteiger charge is 2.59. The fourth-order valence-electron chi connectivity index (χ4n) is 4.15. The maximum atomic E-state index is 12.0. The maximum Gasteiger partial charge on any atom is 0.411 e. The van der Waals surface area contributed by atoms with E-state index in [0.29, 0.717) is 17.5 Å². The topological polar surface area (TPSA) is 78.8 Å². The number of ether oxygens (including phenoxy) is 1. The molecular formula is C17H23NO4. The SMILES string of the molecule is C[C@@H]1[C@@H](OC(=O)Nc2ccc(O)cc2)C[C@H]2C[C@@H]1[C@]2(C)CO. The third-order valence-electron chi connectivity index (χ3n) is 5.77. The molecule has 4 rings (SSSR count). The number of phenols is 1. The molecule has 5 heteroatoms. The minimum Gasteiger partial charge on any atom is -0.508 e. The van der Waals surface area contributed by atoms with Crippen molar-refractivity contribution >= 4 is 11.8 Å². The molecular weight excluding hydrogens is 282 g/mol. The van der Waals surface area contributed by atoms with Crippen LogP contribution in [0.1, 0.15) is 26.7 Å². The molecule has 0 aromatic heterocycles. The van der Waals surface area contributed by atoms with Crippen LogP contribution in [-0.4, -0.2) is 29.0 Å². The van der Waals surface area contributed by atoms with Gasteiger partial charge in [-0.1, -0.05) is 13.8 Å². The third-order valence-corrected chi connectivity index (χ3v) is 5.77. The minimum absolute atomic E-state index is 0.00723. The summed E-state index contributed by atoms with van der Waals surface area (Å²) < 4.78 is 5.58. The van der Waals surface area contributed by atoms with E-state index in [4.69, 9.17) is 4.74 Å². The molecule has 1 aromatic rings. The molecule has 3 fully saturated rings. The smallest absolute Gasteiger partial charge is 0.411 e. The van der Waals surface area contributed by atoms with E-state index in [1.165, 1.54) is 12.1 Å². The molecule has 22 heavy (non-hydrogen) atoms. The molecule has 3 aliphatic rings. The first-order chi connectivity index (χ1) is 10.4. The van der Waals surface area contributed by atoms with Crippen LogP contribution in [0.25, 0.3) is 0 Å². The summed E-state index contributed by atoms with van der Waals surface area (Å²) in [6.07, 6.45) is 1.38. The number of phenolic OH excluding ortho intramolecular Hbond substituents is 1. The number of aromatic hydroxyl groups is 1. The van der Waals surface area contributed by atoms with Crippen molar-refractivity contribution in [1.29, 1.82) is 0 Å². The average molecular weight is 305 g/mol. The van der Waals surface area contributed by atoms with Gasteiger partial charge in [-0.25, -0.2) is 4.79 Å². The van der Waals surface area contributed by atoms with Crippen LogP contribution < -0.4 is 5.32 Å². The third kappa shape index (κ3) is 2.43. The van der Waals surface area contributed by atoms with Gasteiger partial charge in [0.2, 0.25) is 0 Å². The molecule has 1 amide bonds. The lowest BCUT2D eigenvalue weighted by Gasteiger charge is -2.62.